The molecule has 0 unspecified atom stereocenters. The lowest BCUT2D eigenvalue weighted by atomic mass is 9.99. The second kappa shape index (κ2) is 9.66. The van der Waals surface area contributed by atoms with Gasteiger partial charge in [-0.1, -0.05) is 0 Å². The highest BCUT2D eigenvalue weighted by atomic mass is 19.4. The van der Waals surface area contributed by atoms with Crippen molar-refractivity contribution in [2.45, 2.75) is 71.3 Å². The molecule has 0 fully saturated rings. The van der Waals surface area contributed by atoms with Crippen molar-refractivity contribution in [3.05, 3.63) is 63.7 Å². The molecular weight excluding hydrogens is 502 g/mol. The molecular formula is C26H26F6N2O3. The third-order valence-electron chi connectivity index (χ3n) is 5.94. The zero-order chi connectivity index (χ0) is 27.2. The lowest BCUT2D eigenvalue weighted by Crippen LogP contribution is -2.37. The van der Waals surface area contributed by atoms with Gasteiger partial charge in [-0.15, -0.1) is 0 Å². The highest BCUT2D eigenvalue weighted by Crippen LogP contribution is 2.37. The maximum atomic E-state index is 13.3. The van der Waals surface area contributed by atoms with E-state index in [0.717, 1.165) is 11.1 Å². The molecule has 0 aromatic heterocycles. The molecule has 2 aromatic rings. The van der Waals surface area contributed by atoms with Gasteiger partial charge in [0.2, 0.25) is 0 Å². The van der Waals surface area contributed by atoms with Gasteiger partial charge in [-0.2, -0.15) is 26.3 Å². The number of aliphatic imine (C=N–C) groups is 1. The van der Waals surface area contributed by atoms with Gasteiger partial charge in [-0.3, -0.25) is 9.89 Å². The van der Waals surface area contributed by atoms with Gasteiger partial charge in [-0.25, -0.2) is 4.79 Å². The van der Waals surface area contributed by atoms with Gasteiger partial charge in [-0.05, 0) is 80.6 Å². The van der Waals surface area contributed by atoms with Crippen LogP contribution in [0.5, 0.6) is 0 Å². The quantitative estimate of drug-likeness (QED) is 0.385. The molecule has 0 spiro atoms. The van der Waals surface area contributed by atoms with Crippen molar-refractivity contribution in [2.24, 2.45) is 4.99 Å². The Hall–Kier alpha value is -3.08. The number of nitrogens with zero attached hydrogens (tertiary/aromatic N) is 2. The van der Waals surface area contributed by atoms with Crippen molar-refractivity contribution < 1.29 is 40.6 Å². The third-order valence-corrected chi connectivity index (χ3v) is 5.94. The summed E-state index contributed by atoms with van der Waals surface area (Å²) in [6, 6.07) is 5.10. The van der Waals surface area contributed by atoms with Gasteiger partial charge in [0, 0.05) is 17.8 Å². The van der Waals surface area contributed by atoms with Crippen molar-refractivity contribution in [2.75, 3.05) is 11.4 Å². The lowest BCUT2D eigenvalue weighted by Gasteiger charge is -2.28. The fourth-order valence-corrected chi connectivity index (χ4v) is 4.30. The summed E-state index contributed by atoms with van der Waals surface area (Å²) in [5.74, 6) is 0. The maximum Gasteiger partial charge on any atom is 0.416 e. The molecule has 0 atom stereocenters. The average Bonchev–Trinajstić information content (AvgIpc) is 3.15. The summed E-state index contributed by atoms with van der Waals surface area (Å²) in [6.45, 7) is 5.88. The largest absolute Gasteiger partial charge is 0.443 e. The van der Waals surface area contributed by atoms with E-state index in [1.807, 2.05) is 12.1 Å². The Balaban J connectivity index is 1.75. The molecule has 2 aliphatic heterocycles. The fraction of sp³-hybridized carbons (Fsp3) is 0.462. The summed E-state index contributed by atoms with van der Waals surface area (Å²) in [6.07, 6.45) is -9.58. The Kier molecular flexibility index (Phi) is 7.04. The van der Waals surface area contributed by atoms with E-state index >= 15 is 0 Å². The summed E-state index contributed by atoms with van der Waals surface area (Å²) in [4.78, 5) is 18.9. The minimum Gasteiger partial charge on any atom is -0.443 e. The first-order valence-corrected chi connectivity index (χ1v) is 11.7. The van der Waals surface area contributed by atoms with E-state index in [9.17, 15) is 31.1 Å². The second-order valence-corrected chi connectivity index (χ2v) is 10.0. The number of carbonyl (C=O) groups excluding carboxylic acids is 1. The van der Waals surface area contributed by atoms with Crippen molar-refractivity contribution in [1.82, 2.24) is 0 Å². The summed E-state index contributed by atoms with van der Waals surface area (Å²) in [5, 5.41) is 0. The molecule has 5 nitrogen and oxygen atoms in total. The number of halogens is 6. The summed E-state index contributed by atoms with van der Waals surface area (Å²) >= 11 is 0. The van der Waals surface area contributed by atoms with Crippen LogP contribution in [0.4, 0.5) is 36.8 Å². The predicted molar refractivity (Wildman–Crippen MR) is 124 cm³/mol. The van der Waals surface area contributed by atoms with E-state index in [0.29, 0.717) is 61.7 Å². The zero-order valence-corrected chi connectivity index (χ0v) is 20.5. The number of fused-ring (bicyclic) bond motifs is 2. The molecule has 4 rings (SSSR count). The van der Waals surface area contributed by atoms with Crippen LogP contribution in [0.25, 0.3) is 0 Å². The molecule has 1 amide bonds. The first kappa shape index (κ1) is 27.0. The number of benzene rings is 2. The number of hydrogen-bond donors (Lipinski definition) is 0. The molecule has 0 radical (unpaired) electrons. The smallest absolute Gasteiger partial charge is 0.416 e. The predicted octanol–water partition coefficient (Wildman–Crippen LogP) is 7.28. The minimum absolute atomic E-state index is 0.0968. The first-order chi connectivity index (χ1) is 17.1. The highest BCUT2D eigenvalue weighted by molar-refractivity contribution is 6.09. The molecule has 200 valence electrons. The van der Waals surface area contributed by atoms with E-state index in [1.54, 1.807) is 20.8 Å². The summed E-state index contributed by atoms with van der Waals surface area (Å²) < 4.78 is 90.8. The van der Waals surface area contributed by atoms with Gasteiger partial charge in [0.25, 0.3) is 0 Å². The number of amides is 1. The van der Waals surface area contributed by atoms with E-state index in [1.165, 1.54) is 4.90 Å². The zero-order valence-electron chi connectivity index (χ0n) is 20.5. The minimum atomic E-state index is -4.94. The molecule has 0 saturated heterocycles. The molecule has 0 saturated carbocycles. The van der Waals surface area contributed by atoms with Crippen LogP contribution in [-0.2, 0) is 41.6 Å². The van der Waals surface area contributed by atoms with E-state index in [4.69, 9.17) is 9.47 Å². The number of hydrogen-bond acceptors (Lipinski definition) is 4. The number of anilines is 1. The molecule has 0 N–H and O–H groups in total. The molecule has 11 heteroatoms. The number of alkyl halides is 6. The number of rotatable bonds is 2. The number of ether oxygens (including phenoxy) is 2. The molecule has 37 heavy (non-hydrogen) atoms. The van der Waals surface area contributed by atoms with Crippen molar-refractivity contribution in [3.8, 4) is 0 Å². The molecule has 0 aliphatic carbocycles. The first-order valence-electron chi connectivity index (χ1n) is 11.7. The second-order valence-electron chi connectivity index (χ2n) is 10.0. The molecule has 0 bridgehead atoms. The average molecular weight is 528 g/mol. The van der Waals surface area contributed by atoms with Crippen molar-refractivity contribution in [3.63, 3.8) is 0 Å². The molecule has 2 heterocycles. The van der Waals surface area contributed by atoms with Crippen LogP contribution in [0.1, 0.15) is 67.0 Å². The number of carbonyl (C=O) groups is 1. The Labute approximate surface area is 210 Å². The Morgan fingerprint density at radius 1 is 0.946 bits per heavy atom. The normalized spacial score (nSPS) is 17.4. The topological polar surface area (TPSA) is 51.1 Å². The molecule has 2 aromatic carbocycles. The Morgan fingerprint density at radius 2 is 1.54 bits per heavy atom. The standard InChI is InChI=1S/C26H26F6N2O3/c1-24(2,3)37-23(35)34-6-4-5-21(20-9-16-13-36-14-17(16)10-22(20)34)33-12-15-7-18(25(27,28)29)11-19(8-15)26(30,31)32/h7-11H,4-6,12-14H2,1-3H3. The van der Waals surface area contributed by atoms with Gasteiger partial charge in [0.1, 0.15) is 5.60 Å². The fourth-order valence-electron chi connectivity index (χ4n) is 4.30. The van der Waals surface area contributed by atoms with Crippen LogP contribution >= 0.6 is 0 Å². The summed E-state index contributed by atoms with van der Waals surface area (Å²) in [5.41, 5.74) is -0.354. The van der Waals surface area contributed by atoms with E-state index in [2.05, 4.69) is 4.99 Å². The van der Waals surface area contributed by atoms with Crippen LogP contribution in [0, 0.1) is 0 Å². The van der Waals surface area contributed by atoms with Crippen LogP contribution in [0.3, 0.4) is 0 Å². The Bertz CT molecular complexity index is 1200. The SMILES string of the molecule is CC(C)(C)OC(=O)N1CCCC(=NCc2cc(C(F)(F)F)cc(C(F)(F)F)c2)c2cc3c(cc21)COC3. The van der Waals surface area contributed by atoms with Gasteiger partial charge < -0.3 is 9.47 Å². The van der Waals surface area contributed by atoms with Crippen LogP contribution < -0.4 is 4.90 Å². The van der Waals surface area contributed by atoms with Crippen LogP contribution in [0.15, 0.2) is 35.3 Å². The lowest BCUT2D eigenvalue weighted by molar-refractivity contribution is -0.143. The van der Waals surface area contributed by atoms with Crippen molar-refractivity contribution in [1.29, 1.82) is 0 Å². The highest BCUT2D eigenvalue weighted by Gasteiger charge is 2.37. The van der Waals surface area contributed by atoms with Gasteiger partial charge in [0.05, 0.1) is 36.6 Å². The van der Waals surface area contributed by atoms with Crippen LogP contribution in [0.2, 0.25) is 0 Å². The summed E-state index contributed by atoms with van der Waals surface area (Å²) in [7, 11) is 0. The van der Waals surface area contributed by atoms with Crippen LogP contribution in [-0.4, -0.2) is 24.0 Å². The molecule has 2 aliphatic rings. The van der Waals surface area contributed by atoms with Crippen molar-refractivity contribution >= 4 is 17.5 Å². The third kappa shape index (κ3) is 6.26. The van der Waals surface area contributed by atoms with Gasteiger partial charge in [0.15, 0.2) is 0 Å². The Morgan fingerprint density at radius 3 is 2.11 bits per heavy atom. The van der Waals surface area contributed by atoms with E-state index in [-0.39, 0.29) is 18.2 Å². The maximum absolute atomic E-state index is 13.3. The van der Waals surface area contributed by atoms with Gasteiger partial charge >= 0.3 is 18.4 Å². The van der Waals surface area contributed by atoms with E-state index < -0.39 is 35.2 Å². The monoisotopic (exact) mass is 528 g/mol.